The van der Waals surface area contributed by atoms with Gasteiger partial charge in [-0.1, -0.05) is 45.0 Å². The van der Waals surface area contributed by atoms with Crippen molar-refractivity contribution in [2.24, 2.45) is 17.4 Å². The van der Waals surface area contributed by atoms with E-state index in [4.69, 9.17) is 5.73 Å². The molecule has 4 rings (SSSR count). The van der Waals surface area contributed by atoms with Gasteiger partial charge < -0.3 is 16.2 Å². The van der Waals surface area contributed by atoms with E-state index >= 15 is 0 Å². The Labute approximate surface area is 223 Å². The van der Waals surface area contributed by atoms with Gasteiger partial charge in [0.15, 0.2) is 0 Å². The lowest BCUT2D eigenvalue weighted by molar-refractivity contribution is -0.274. The van der Waals surface area contributed by atoms with E-state index in [2.05, 4.69) is 34.4 Å². The van der Waals surface area contributed by atoms with Gasteiger partial charge in [0.2, 0.25) is 5.91 Å². The van der Waals surface area contributed by atoms with E-state index < -0.39 is 12.3 Å². The van der Waals surface area contributed by atoms with Crippen molar-refractivity contribution in [1.82, 2.24) is 14.8 Å². The molecule has 0 fully saturated rings. The summed E-state index contributed by atoms with van der Waals surface area (Å²) in [6, 6.07) is 14.9. The molecule has 0 saturated heterocycles. The van der Waals surface area contributed by atoms with Crippen molar-refractivity contribution in [2.45, 2.75) is 46.0 Å². The maximum Gasteiger partial charge on any atom is 0.573 e. The van der Waals surface area contributed by atoms with Crippen LogP contribution in [0.5, 0.6) is 5.75 Å². The van der Waals surface area contributed by atoms with Crippen LogP contribution in [0.25, 0.3) is 22.0 Å². The minimum atomic E-state index is -4.72. The van der Waals surface area contributed by atoms with E-state index in [1.165, 1.54) is 12.1 Å². The molecule has 0 aliphatic heterocycles. The van der Waals surface area contributed by atoms with Crippen molar-refractivity contribution in [2.75, 3.05) is 0 Å². The van der Waals surface area contributed by atoms with Crippen molar-refractivity contribution < 1.29 is 27.5 Å². The van der Waals surface area contributed by atoms with E-state index in [0.717, 1.165) is 34.0 Å². The highest BCUT2D eigenvalue weighted by Gasteiger charge is 2.31. The number of fused-ring (bicyclic) bond motifs is 1. The normalized spacial score (nSPS) is 12.1. The van der Waals surface area contributed by atoms with Gasteiger partial charge in [0.1, 0.15) is 11.4 Å². The Morgan fingerprint density at radius 2 is 1.62 bits per heavy atom. The summed E-state index contributed by atoms with van der Waals surface area (Å²) >= 11 is 0. The lowest BCUT2D eigenvalue weighted by atomic mass is 9.97. The van der Waals surface area contributed by atoms with Gasteiger partial charge in [-0.15, -0.1) is 13.2 Å². The van der Waals surface area contributed by atoms with Crippen LogP contribution in [0, 0.1) is 5.92 Å². The number of benzene rings is 2. The topological polar surface area (TPSA) is 126 Å². The summed E-state index contributed by atoms with van der Waals surface area (Å²) in [5, 5.41) is 5.52. The van der Waals surface area contributed by atoms with Crippen molar-refractivity contribution in [1.29, 1.82) is 0 Å². The Balaban J connectivity index is 0.000000771. The Morgan fingerprint density at radius 3 is 2.13 bits per heavy atom. The summed E-state index contributed by atoms with van der Waals surface area (Å²) in [6.07, 6.45) is -0.0634. The van der Waals surface area contributed by atoms with Gasteiger partial charge in [-0.25, -0.2) is 0 Å². The maximum atomic E-state index is 12.4. The van der Waals surface area contributed by atoms with Gasteiger partial charge in [-0.2, -0.15) is 5.10 Å². The first-order chi connectivity index (χ1) is 18.4. The van der Waals surface area contributed by atoms with Gasteiger partial charge in [-0.3, -0.25) is 19.3 Å². The first-order valence-corrected chi connectivity index (χ1v) is 12.3. The summed E-state index contributed by atoms with van der Waals surface area (Å²) in [5.41, 5.74) is 13.6. The predicted molar refractivity (Wildman–Crippen MR) is 142 cm³/mol. The van der Waals surface area contributed by atoms with E-state index in [-0.39, 0.29) is 23.4 Å². The number of amides is 2. The van der Waals surface area contributed by atoms with Gasteiger partial charge in [0.05, 0.1) is 17.8 Å². The number of rotatable bonds is 8. The van der Waals surface area contributed by atoms with E-state index in [9.17, 15) is 22.8 Å². The number of aromatic nitrogens is 3. The van der Waals surface area contributed by atoms with Crippen LogP contribution in [0.15, 0.2) is 67.0 Å². The molecule has 4 aromatic rings. The predicted octanol–water partition coefficient (Wildman–Crippen LogP) is 5.61. The number of halogens is 3. The fourth-order valence-electron chi connectivity index (χ4n) is 3.90. The number of primary amides is 2. The highest BCUT2D eigenvalue weighted by atomic mass is 19.4. The SMILES string of the molecule is CC(C)CC(c1ccc(C(N)=O)nc1)n1ncc2cc(-c3ccc(OC(F)(F)F)cc3)ccc21.CCC(N)=O. The maximum absolute atomic E-state index is 12.4. The molecule has 11 heteroatoms. The zero-order valence-corrected chi connectivity index (χ0v) is 21.8. The third-order valence-electron chi connectivity index (χ3n) is 5.78. The molecule has 39 heavy (non-hydrogen) atoms. The Kier molecular flexibility index (Phi) is 9.29. The first-order valence-electron chi connectivity index (χ1n) is 12.3. The first kappa shape index (κ1) is 29.2. The lowest BCUT2D eigenvalue weighted by Gasteiger charge is -2.21. The molecule has 1 unspecified atom stereocenters. The zero-order chi connectivity index (χ0) is 28.7. The molecule has 206 valence electrons. The minimum absolute atomic E-state index is 0.100. The molecule has 0 spiro atoms. The van der Waals surface area contributed by atoms with Crippen LogP contribution in [-0.2, 0) is 4.79 Å². The van der Waals surface area contributed by atoms with Crippen LogP contribution in [0.2, 0.25) is 0 Å². The van der Waals surface area contributed by atoms with Crippen LogP contribution in [0.3, 0.4) is 0 Å². The van der Waals surface area contributed by atoms with Gasteiger partial charge >= 0.3 is 6.36 Å². The molecule has 4 N–H and O–H groups in total. The van der Waals surface area contributed by atoms with Crippen molar-refractivity contribution in [3.05, 3.63) is 78.2 Å². The highest BCUT2D eigenvalue weighted by molar-refractivity contribution is 5.90. The zero-order valence-electron chi connectivity index (χ0n) is 21.8. The number of hydrogen-bond acceptors (Lipinski definition) is 5. The molecule has 0 saturated carbocycles. The monoisotopic (exact) mass is 541 g/mol. The van der Waals surface area contributed by atoms with Crippen LogP contribution in [-0.4, -0.2) is 32.9 Å². The number of pyridine rings is 1. The Hall–Kier alpha value is -4.41. The van der Waals surface area contributed by atoms with Gasteiger partial charge in [-0.05, 0) is 59.4 Å². The second-order valence-corrected chi connectivity index (χ2v) is 9.24. The van der Waals surface area contributed by atoms with E-state index in [1.807, 2.05) is 28.9 Å². The fraction of sp³-hybridized carbons (Fsp3) is 0.286. The van der Waals surface area contributed by atoms with E-state index in [1.54, 1.807) is 37.5 Å². The standard InChI is InChI=1S/C25H23F3N4O2.C3H7NO/c1-15(2)11-23(18-5-9-21(24(29)33)30-13-18)32-22-10-6-17(12-19(22)14-31-32)16-3-7-20(8-4-16)34-25(26,27)28;1-2-3(4)5/h3-10,12-15,23H,11H2,1-2H3,(H2,29,33);2H2,1H3,(H2,4,5). The number of carbonyl (C=O) groups is 2. The summed E-state index contributed by atoms with van der Waals surface area (Å²) in [7, 11) is 0. The average Bonchev–Trinajstić information content (AvgIpc) is 3.30. The number of nitrogens with two attached hydrogens (primary N) is 2. The summed E-state index contributed by atoms with van der Waals surface area (Å²) < 4.78 is 43.1. The second kappa shape index (κ2) is 12.4. The molecule has 8 nitrogen and oxygen atoms in total. The third-order valence-corrected chi connectivity index (χ3v) is 5.78. The molecule has 0 aliphatic rings. The Morgan fingerprint density at radius 1 is 0.974 bits per heavy atom. The number of ether oxygens (including phenoxy) is 1. The molecule has 0 radical (unpaired) electrons. The quantitative estimate of drug-likeness (QED) is 0.300. The van der Waals surface area contributed by atoms with Gasteiger partial charge in [0, 0.05) is 18.0 Å². The largest absolute Gasteiger partial charge is 0.573 e. The molecule has 2 amide bonds. The number of alkyl halides is 3. The molecule has 1 atom stereocenters. The van der Waals surface area contributed by atoms with Crippen molar-refractivity contribution in [3.8, 4) is 16.9 Å². The van der Waals surface area contributed by atoms with E-state index in [0.29, 0.717) is 12.3 Å². The summed E-state index contributed by atoms with van der Waals surface area (Å²) in [4.78, 5) is 25.2. The average molecular weight is 542 g/mol. The fourth-order valence-corrected chi connectivity index (χ4v) is 3.90. The Bertz CT molecular complexity index is 1420. The number of hydrogen-bond donors (Lipinski definition) is 2. The molecular formula is C28H30F3N5O3. The smallest absolute Gasteiger partial charge is 0.406 e. The van der Waals surface area contributed by atoms with Crippen LogP contribution in [0.4, 0.5) is 13.2 Å². The summed E-state index contributed by atoms with van der Waals surface area (Å²) in [6.45, 7) is 5.96. The molecule has 0 bridgehead atoms. The molecule has 2 aromatic carbocycles. The number of carbonyl (C=O) groups excluding carboxylic acids is 2. The van der Waals surface area contributed by atoms with Crippen molar-refractivity contribution in [3.63, 3.8) is 0 Å². The molecular weight excluding hydrogens is 511 g/mol. The second-order valence-electron chi connectivity index (χ2n) is 9.24. The highest BCUT2D eigenvalue weighted by Crippen LogP contribution is 2.32. The van der Waals surface area contributed by atoms with Crippen LogP contribution >= 0.6 is 0 Å². The van der Waals surface area contributed by atoms with Gasteiger partial charge in [0.25, 0.3) is 5.91 Å². The molecule has 0 aliphatic carbocycles. The summed E-state index contributed by atoms with van der Waals surface area (Å²) in [5.74, 6) is -0.721. The lowest BCUT2D eigenvalue weighted by Crippen LogP contribution is -2.17. The van der Waals surface area contributed by atoms with Crippen LogP contribution < -0.4 is 16.2 Å². The number of nitrogens with zero attached hydrogens (tertiary/aromatic N) is 3. The molecule has 2 heterocycles. The molecule has 2 aromatic heterocycles. The minimum Gasteiger partial charge on any atom is -0.406 e. The van der Waals surface area contributed by atoms with Crippen molar-refractivity contribution >= 4 is 22.7 Å². The van der Waals surface area contributed by atoms with Crippen LogP contribution in [0.1, 0.15) is 55.7 Å². The third kappa shape index (κ3) is 8.03.